The van der Waals surface area contributed by atoms with Gasteiger partial charge in [0, 0.05) is 12.4 Å². The van der Waals surface area contributed by atoms with Gasteiger partial charge in [-0.05, 0) is 0 Å². The Hall–Kier alpha value is -2.57. The first-order chi connectivity index (χ1) is 7.75. The highest BCUT2D eigenvalue weighted by Crippen LogP contribution is 2.02. The lowest BCUT2D eigenvalue weighted by atomic mass is 10.4. The second-order valence-electron chi connectivity index (χ2n) is 2.87. The van der Waals surface area contributed by atoms with E-state index in [4.69, 9.17) is 5.73 Å². The molecule has 2 aromatic rings. The molecule has 7 nitrogen and oxygen atoms in total. The van der Waals surface area contributed by atoms with Crippen LogP contribution in [0.1, 0.15) is 10.5 Å². The van der Waals surface area contributed by atoms with E-state index in [0.717, 1.165) is 0 Å². The fourth-order valence-electron chi connectivity index (χ4n) is 0.999. The predicted octanol–water partition coefficient (Wildman–Crippen LogP) is 0.101. The molecule has 0 radical (unpaired) electrons. The molecule has 0 atom stereocenters. The summed E-state index contributed by atoms with van der Waals surface area (Å²) in [5, 5.41) is 2.52. The van der Waals surface area contributed by atoms with Gasteiger partial charge in [0.15, 0.2) is 5.82 Å². The zero-order valence-electron chi connectivity index (χ0n) is 8.16. The van der Waals surface area contributed by atoms with E-state index in [2.05, 4.69) is 25.3 Å². The van der Waals surface area contributed by atoms with Gasteiger partial charge in [-0.15, -0.1) is 0 Å². The summed E-state index contributed by atoms with van der Waals surface area (Å²) < 4.78 is 0. The largest absolute Gasteiger partial charge is 0.382 e. The van der Waals surface area contributed by atoms with Crippen LogP contribution in [0.15, 0.2) is 31.0 Å². The summed E-state index contributed by atoms with van der Waals surface area (Å²) >= 11 is 0. The highest BCUT2D eigenvalue weighted by atomic mass is 16.1. The number of nitrogens with one attached hydrogen (secondary N) is 1. The Morgan fingerprint density at radius 2 is 2.00 bits per heavy atom. The molecule has 0 bridgehead atoms. The summed E-state index contributed by atoms with van der Waals surface area (Å²) in [6.45, 7) is 0. The van der Waals surface area contributed by atoms with E-state index in [0.29, 0.717) is 5.82 Å². The molecule has 16 heavy (non-hydrogen) atoms. The van der Waals surface area contributed by atoms with E-state index in [1.165, 1.54) is 31.0 Å². The molecule has 0 fully saturated rings. The standard InChI is InChI=1S/C9H8N6O/c10-7-4-13-6(3-14-7)9(16)15-8-5-11-1-2-12-8/h1-5H,(H2,10,14)(H,12,15,16). The van der Waals surface area contributed by atoms with Gasteiger partial charge in [0.05, 0.1) is 18.6 Å². The van der Waals surface area contributed by atoms with Crippen LogP contribution in [0.5, 0.6) is 0 Å². The van der Waals surface area contributed by atoms with Crippen LogP contribution < -0.4 is 11.1 Å². The first-order valence-corrected chi connectivity index (χ1v) is 4.40. The van der Waals surface area contributed by atoms with E-state index in [1.807, 2.05) is 0 Å². The number of nitrogens with zero attached hydrogens (tertiary/aromatic N) is 4. The second-order valence-corrected chi connectivity index (χ2v) is 2.87. The number of hydrogen-bond acceptors (Lipinski definition) is 6. The van der Waals surface area contributed by atoms with Crippen LogP contribution in [-0.2, 0) is 0 Å². The maximum atomic E-state index is 11.6. The van der Waals surface area contributed by atoms with E-state index in [1.54, 1.807) is 0 Å². The molecule has 0 unspecified atom stereocenters. The molecular weight excluding hydrogens is 208 g/mol. The Labute approximate surface area is 90.8 Å². The van der Waals surface area contributed by atoms with Crippen LogP contribution in [0.4, 0.5) is 11.6 Å². The van der Waals surface area contributed by atoms with Gasteiger partial charge in [-0.1, -0.05) is 0 Å². The minimum atomic E-state index is -0.409. The van der Waals surface area contributed by atoms with Crippen molar-refractivity contribution in [2.24, 2.45) is 0 Å². The van der Waals surface area contributed by atoms with Gasteiger partial charge in [0.2, 0.25) is 0 Å². The molecule has 2 heterocycles. The van der Waals surface area contributed by atoms with Crippen LogP contribution >= 0.6 is 0 Å². The first-order valence-electron chi connectivity index (χ1n) is 4.40. The van der Waals surface area contributed by atoms with Gasteiger partial charge in [-0.25, -0.2) is 15.0 Å². The smallest absolute Gasteiger partial charge is 0.277 e. The molecular formula is C9H8N6O. The van der Waals surface area contributed by atoms with Crippen molar-refractivity contribution in [3.05, 3.63) is 36.7 Å². The van der Waals surface area contributed by atoms with Gasteiger partial charge in [0.25, 0.3) is 5.91 Å². The van der Waals surface area contributed by atoms with Crippen molar-refractivity contribution in [3.63, 3.8) is 0 Å². The Bertz CT molecular complexity index is 483. The van der Waals surface area contributed by atoms with E-state index >= 15 is 0 Å². The van der Waals surface area contributed by atoms with Gasteiger partial charge in [0.1, 0.15) is 11.5 Å². The highest BCUT2D eigenvalue weighted by Gasteiger charge is 2.08. The average Bonchev–Trinajstić information content (AvgIpc) is 2.31. The number of carbonyl (C=O) groups is 1. The van der Waals surface area contributed by atoms with Crippen molar-refractivity contribution >= 4 is 17.5 Å². The van der Waals surface area contributed by atoms with Crippen molar-refractivity contribution in [1.29, 1.82) is 0 Å². The zero-order chi connectivity index (χ0) is 11.4. The Morgan fingerprint density at radius 1 is 1.12 bits per heavy atom. The summed E-state index contributed by atoms with van der Waals surface area (Å²) in [5.41, 5.74) is 5.52. The summed E-state index contributed by atoms with van der Waals surface area (Å²) in [6, 6.07) is 0. The summed E-state index contributed by atoms with van der Waals surface area (Å²) in [7, 11) is 0. The molecule has 2 aromatic heterocycles. The number of nitrogen functional groups attached to an aromatic ring is 1. The maximum Gasteiger partial charge on any atom is 0.277 e. The lowest BCUT2D eigenvalue weighted by molar-refractivity contribution is 0.102. The van der Waals surface area contributed by atoms with Crippen molar-refractivity contribution in [1.82, 2.24) is 19.9 Å². The van der Waals surface area contributed by atoms with Gasteiger partial charge in [-0.3, -0.25) is 9.78 Å². The monoisotopic (exact) mass is 216 g/mol. The lowest BCUT2D eigenvalue weighted by Gasteiger charge is -2.02. The van der Waals surface area contributed by atoms with Crippen LogP contribution in [0.3, 0.4) is 0 Å². The molecule has 0 spiro atoms. The SMILES string of the molecule is Nc1cnc(C(=O)Nc2cnccn2)cn1. The van der Waals surface area contributed by atoms with Crippen LogP contribution in [0.25, 0.3) is 0 Å². The minimum absolute atomic E-state index is 0.167. The molecule has 0 aliphatic rings. The number of anilines is 2. The minimum Gasteiger partial charge on any atom is -0.382 e. The third kappa shape index (κ3) is 2.27. The highest BCUT2D eigenvalue weighted by molar-refractivity contribution is 6.02. The lowest BCUT2D eigenvalue weighted by Crippen LogP contribution is -2.15. The van der Waals surface area contributed by atoms with Crippen LogP contribution in [0, 0.1) is 0 Å². The summed E-state index contributed by atoms with van der Waals surface area (Å²) in [4.78, 5) is 26.9. The third-order valence-corrected chi connectivity index (χ3v) is 1.71. The quantitative estimate of drug-likeness (QED) is 0.737. The van der Waals surface area contributed by atoms with Crippen LogP contribution in [-0.4, -0.2) is 25.8 Å². The molecule has 1 amide bonds. The molecule has 0 aliphatic carbocycles. The fraction of sp³-hybridized carbons (Fsp3) is 0. The molecule has 0 aromatic carbocycles. The van der Waals surface area contributed by atoms with Crippen molar-refractivity contribution in [2.45, 2.75) is 0 Å². The van der Waals surface area contributed by atoms with Gasteiger partial charge < -0.3 is 11.1 Å². The topological polar surface area (TPSA) is 107 Å². The normalized spacial score (nSPS) is 9.75. The number of rotatable bonds is 2. The van der Waals surface area contributed by atoms with Crippen molar-refractivity contribution in [3.8, 4) is 0 Å². The van der Waals surface area contributed by atoms with Crippen molar-refractivity contribution < 1.29 is 4.79 Å². The molecule has 0 saturated carbocycles. The summed E-state index contributed by atoms with van der Waals surface area (Å²) in [5.74, 6) is 0.204. The average molecular weight is 216 g/mol. The molecule has 3 N–H and O–H groups in total. The number of aromatic nitrogens is 4. The van der Waals surface area contributed by atoms with E-state index < -0.39 is 5.91 Å². The second kappa shape index (κ2) is 4.30. The molecule has 7 heteroatoms. The number of amides is 1. The molecule has 0 aliphatic heterocycles. The van der Waals surface area contributed by atoms with Crippen LogP contribution in [0.2, 0.25) is 0 Å². The Balaban J connectivity index is 2.12. The maximum absolute atomic E-state index is 11.6. The summed E-state index contributed by atoms with van der Waals surface area (Å²) in [6.07, 6.45) is 7.03. The van der Waals surface area contributed by atoms with E-state index in [9.17, 15) is 4.79 Å². The molecule has 80 valence electrons. The first kappa shape index (κ1) is 9.97. The zero-order valence-corrected chi connectivity index (χ0v) is 8.16. The molecule has 0 saturated heterocycles. The van der Waals surface area contributed by atoms with Gasteiger partial charge in [-0.2, -0.15) is 0 Å². The predicted molar refractivity (Wildman–Crippen MR) is 56.4 cm³/mol. The molecule has 2 rings (SSSR count). The Kier molecular flexibility index (Phi) is 2.68. The number of carbonyl (C=O) groups excluding carboxylic acids is 1. The Morgan fingerprint density at radius 3 is 2.62 bits per heavy atom. The fourth-order valence-corrected chi connectivity index (χ4v) is 0.999. The number of hydrogen-bond donors (Lipinski definition) is 2. The van der Waals surface area contributed by atoms with E-state index in [-0.39, 0.29) is 11.5 Å². The van der Waals surface area contributed by atoms with Gasteiger partial charge >= 0.3 is 0 Å². The number of nitrogens with two attached hydrogens (primary N) is 1. The van der Waals surface area contributed by atoms with Crippen molar-refractivity contribution in [2.75, 3.05) is 11.1 Å². The third-order valence-electron chi connectivity index (χ3n) is 1.71.